The molecule has 2 heterocycles. The van der Waals surface area contributed by atoms with E-state index in [1.54, 1.807) is 0 Å². The summed E-state index contributed by atoms with van der Waals surface area (Å²) in [5, 5.41) is 7.76. The zero-order chi connectivity index (χ0) is 14.8. The molecule has 0 radical (unpaired) electrons. The highest BCUT2D eigenvalue weighted by Crippen LogP contribution is 2.15. The van der Waals surface area contributed by atoms with Crippen LogP contribution >= 0.6 is 0 Å². The van der Waals surface area contributed by atoms with Gasteiger partial charge >= 0.3 is 0 Å². The van der Waals surface area contributed by atoms with Crippen LogP contribution in [0.1, 0.15) is 24.5 Å². The average Bonchev–Trinajstić information content (AvgIpc) is 3.03. The van der Waals surface area contributed by atoms with Crippen molar-refractivity contribution in [2.45, 2.75) is 26.4 Å². The van der Waals surface area contributed by atoms with Crippen molar-refractivity contribution in [3.8, 4) is 0 Å². The summed E-state index contributed by atoms with van der Waals surface area (Å²) in [6, 6.07) is 10.6. The fraction of sp³-hybridized carbons (Fsp3) is 0.375. The number of hydrogen-bond acceptors (Lipinski definition) is 3. The Balaban J connectivity index is 1.67. The maximum absolute atomic E-state index is 4.60. The van der Waals surface area contributed by atoms with E-state index in [0.717, 1.165) is 24.4 Å². The smallest absolute Gasteiger partial charge is 0.106 e. The van der Waals surface area contributed by atoms with E-state index >= 15 is 0 Å². The third kappa shape index (κ3) is 2.69. The van der Waals surface area contributed by atoms with Gasteiger partial charge in [0.1, 0.15) is 5.82 Å². The van der Waals surface area contributed by atoms with E-state index in [2.05, 4.69) is 58.1 Å². The molecule has 3 rings (SSSR count). The molecule has 0 aliphatic rings. The monoisotopic (exact) mass is 283 g/mol. The summed E-state index contributed by atoms with van der Waals surface area (Å²) in [4.78, 5) is 4.60. The standard InChI is InChI=1S/C16H21N5/c1-12(15-8-9-18-20(15)3)17-10-11-21-13(2)19-14-6-4-5-7-16(14)21/h4-9,12,17H,10-11H2,1-3H3. The topological polar surface area (TPSA) is 47.7 Å². The molecule has 110 valence electrons. The van der Waals surface area contributed by atoms with Gasteiger partial charge < -0.3 is 9.88 Å². The van der Waals surface area contributed by atoms with Gasteiger partial charge in [-0.05, 0) is 32.0 Å². The fourth-order valence-electron chi connectivity index (χ4n) is 2.78. The predicted octanol–water partition coefficient (Wildman–Crippen LogP) is 2.43. The van der Waals surface area contributed by atoms with Gasteiger partial charge in [-0.1, -0.05) is 12.1 Å². The first kappa shape index (κ1) is 13.8. The lowest BCUT2D eigenvalue weighted by atomic mass is 10.2. The molecule has 5 nitrogen and oxygen atoms in total. The Morgan fingerprint density at radius 2 is 2.05 bits per heavy atom. The third-order valence-electron chi connectivity index (χ3n) is 3.93. The molecule has 0 saturated carbocycles. The van der Waals surface area contributed by atoms with E-state index in [1.807, 2.05) is 24.0 Å². The van der Waals surface area contributed by atoms with Crippen molar-refractivity contribution in [3.63, 3.8) is 0 Å². The normalized spacial score (nSPS) is 12.9. The summed E-state index contributed by atoms with van der Waals surface area (Å²) in [5.41, 5.74) is 3.46. The van der Waals surface area contributed by atoms with Gasteiger partial charge in [0.25, 0.3) is 0 Å². The van der Waals surface area contributed by atoms with Crippen LogP contribution < -0.4 is 5.32 Å². The van der Waals surface area contributed by atoms with Crippen LogP contribution in [0.15, 0.2) is 36.5 Å². The molecule has 0 fully saturated rings. The molecule has 0 bridgehead atoms. The minimum Gasteiger partial charge on any atom is -0.327 e. The number of para-hydroxylation sites is 2. The molecular formula is C16H21N5. The second-order valence-corrected chi connectivity index (χ2v) is 5.35. The van der Waals surface area contributed by atoms with Crippen molar-refractivity contribution in [3.05, 3.63) is 48.0 Å². The maximum atomic E-state index is 4.60. The largest absolute Gasteiger partial charge is 0.327 e. The highest BCUT2D eigenvalue weighted by atomic mass is 15.3. The number of aromatic nitrogens is 4. The quantitative estimate of drug-likeness (QED) is 0.782. The molecule has 1 N–H and O–H groups in total. The van der Waals surface area contributed by atoms with Crippen molar-refractivity contribution >= 4 is 11.0 Å². The van der Waals surface area contributed by atoms with Gasteiger partial charge in [-0.15, -0.1) is 0 Å². The minimum atomic E-state index is 0.285. The van der Waals surface area contributed by atoms with Crippen molar-refractivity contribution in [1.29, 1.82) is 0 Å². The van der Waals surface area contributed by atoms with Crippen LogP contribution in [0.3, 0.4) is 0 Å². The molecule has 0 saturated heterocycles. The van der Waals surface area contributed by atoms with Gasteiger partial charge in [-0.3, -0.25) is 4.68 Å². The number of nitrogens with one attached hydrogen (secondary N) is 1. The van der Waals surface area contributed by atoms with Gasteiger partial charge in [0, 0.05) is 32.4 Å². The Hall–Kier alpha value is -2.14. The summed E-state index contributed by atoms with van der Waals surface area (Å²) in [5.74, 6) is 1.06. The zero-order valence-corrected chi connectivity index (χ0v) is 12.7. The average molecular weight is 283 g/mol. The lowest BCUT2D eigenvalue weighted by molar-refractivity contribution is 0.503. The highest BCUT2D eigenvalue weighted by molar-refractivity contribution is 5.75. The van der Waals surface area contributed by atoms with Crippen LogP contribution in [-0.4, -0.2) is 25.9 Å². The zero-order valence-electron chi connectivity index (χ0n) is 12.7. The third-order valence-corrected chi connectivity index (χ3v) is 3.93. The van der Waals surface area contributed by atoms with Crippen molar-refractivity contribution < 1.29 is 0 Å². The number of fused-ring (bicyclic) bond motifs is 1. The first-order valence-corrected chi connectivity index (χ1v) is 7.30. The Kier molecular flexibility index (Phi) is 3.75. The van der Waals surface area contributed by atoms with Gasteiger partial charge in [0.15, 0.2) is 0 Å². The molecule has 1 atom stereocenters. The molecule has 1 aromatic carbocycles. The van der Waals surface area contributed by atoms with E-state index in [0.29, 0.717) is 0 Å². The van der Waals surface area contributed by atoms with E-state index in [9.17, 15) is 0 Å². The number of imidazole rings is 1. The predicted molar refractivity (Wildman–Crippen MR) is 84.1 cm³/mol. The summed E-state index contributed by atoms with van der Waals surface area (Å²) in [6.45, 7) is 6.03. The Morgan fingerprint density at radius 1 is 1.24 bits per heavy atom. The molecule has 5 heteroatoms. The summed E-state index contributed by atoms with van der Waals surface area (Å²) < 4.78 is 4.17. The number of rotatable bonds is 5. The van der Waals surface area contributed by atoms with E-state index in [4.69, 9.17) is 0 Å². The lowest BCUT2D eigenvalue weighted by Gasteiger charge is -2.15. The van der Waals surface area contributed by atoms with Crippen LogP contribution in [0.2, 0.25) is 0 Å². The molecule has 21 heavy (non-hydrogen) atoms. The molecule has 0 spiro atoms. The Morgan fingerprint density at radius 3 is 2.81 bits per heavy atom. The van der Waals surface area contributed by atoms with Crippen molar-refractivity contribution in [1.82, 2.24) is 24.6 Å². The summed E-state index contributed by atoms with van der Waals surface area (Å²) >= 11 is 0. The van der Waals surface area contributed by atoms with Crippen LogP contribution in [0, 0.1) is 6.92 Å². The number of benzene rings is 1. The van der Waals surface area contributed by atoms with E-state index < -0.39 is 0 Å². The second kappa shape index (κ2) is 5.69. The number of hydrogen-bond donors (Lipinski definition) is 1. The molecule has 0 aliphatic heterocycles. The molecule has 1 unspecified atom stereocenters. The Bertz CT molecular complexity index is 740. The molecule has 3 aromatic rings. The van der Waals surface area contributed by atoms with Crippen molar-refractivity contribution in [2.24, 2.45) is 7.05 Å². The fourth-order valence-corrected chi connectivity index (χ4v) is 2.78. The van der Waals surface area contributed by atoms with Crippen LogP contribution in [0.5, 0.6) is 0 Å². The van der Waals surface area contributed by atoms with Crippen LogP contribution in [-0.2, 0) is 13.6 Å². The first-order valence-electron chi connectivity index (χ1n) is 7.30. The molecule has 0 aliphatic carbocycles. The molecule has 2 aromatic heterocycles. The van der Waals surface area contributed by atoms with Crippen LogP contribution in [0.4, 0.5) is 0 Å². The number of nitrogens with zero attached hydrogens (tertiary/aromatic N) is 4. The summed E-state index contributed by atoms with van der Waals surface area (Å²) in [6.07, 6.45) is 1.83. The second-order valence-electron chi connectivity index (χ2n) is 5.35. The maximum Gasteiger partial charge on any atom is 0.106 e. The SMILES string of the molecule is Cc1nc2ccccc2n1CCNC(C)c1ccnn1C. The van der Waals surface area contributed by atoms with Gasteiger partial charge in [0.2, 0.25) is 0 Å². The van der Waals surface area contributed by atoms with Gasteiger partial charge in [-0.2, -0.15) is 5.10 Å². The van der Waals surface area contributed by atoms with Crippen molar-refractivity contribution in [2.75, 3.05) is 6.54 Å². The molecule has 0 amide bonds. The lowest BCUT2D eigenvalue weighted by Crippen LogP contribution is -2.25. The minimum absolute atomic E-state index is 0.285. The van der Waals surface area contributed by atoms with E-state index in [-0.39, 0.29) is 6.04 Å². The Labute approximate surface area is 124 Å². The van der Waals surface area contributed by atoms with E-state index in [1.165, 1.54) is 11.2 Å². The molecular weight excluding hydrogens is 262 g/mol. The first-order chi connectivity index (χ1) is 10.2. The van der Waals surface area contributed by atoms with Gasteiger partial charge in [0.05, 0.1) is 16.7 Å². The summed E-state index contributed by atoms with van der Waals surface area (Å²) in [7, 11) is 1.97. The van der Waals surface area contributed by atoms with Crippen LogP contribution in [0.25, 0.3) is 11.0 Å². The highest BCUT2D eigenvalue weighted by Gasteiger charge is 2.10. The number of aryl methyl sites for hydroxylation is 2. The van der Waals surface area contributed by atoms with Gasteiger partial charge in [-0.25, -0.2) is 4.98 Å².